The first-order valence-electron chi connectivity index (χ1n) is 8.07. The molecule has 0 saturated heterocycles. The summed E-state index contributed by atoms with van der Waals surface area (Å²) in [6.07, 6.45) is 1.25. The summed E-state index contributed by atoms with van der Waals surface area (Å²) in [5, 5.41) is 0. The number of hydrogen-bond donors (Lipinski definition) is 3. The SMILES string of the molecule is C=CN.CNN.Cc1ccc(Sc2ccccc2C(C)C)c(CF)c1. The second kappa shape index (κ2) is 13.5. The van der Waals surface area contributed by atoms with Crippen LogP contribution in [0.15, 0.2) is 65.0 Å². The van der Waals surface area contributed by atoms with Crippen molar-refractivity contribution in [2.45, 2.75) is 43.2 Å². The van der Waals surface area contributed by atoms with Crippen LogP contribution >= 0.6 is 11.8 Å². The van der Waals surface area contributed by atoms with Crippen molar-refractivity contribution in [3.63, 3.8) is 0 Å². The maximum Gasteiger partial charge on any atom is 0.116 e. The number of nitrogens with one attached hydrogen (secondary N) is 1. The zero-order chi connectivity index (χ0) is 19.2. The van der Waals surface area contributed by atoms with E-state index in [1.807, 2.05) is 31.2 Å². The van der Waals surface area contributed by atoms with Gasteiger partial charge in [0.1, 0.15) is 6.67 Å². The zero-order valence-electron chi connectivity index (χ0n) is 15.6. The molecule has 2 aromatic carbocycles. The van der Waals surface area contributed by atoms with Crippen molar-refractivity contribution in [2.24, 2.45) is 11.6 Å². The van der Waals surface area contributed by atoms with Crippen LogP contribution in [0.1, 0.15) is 36.5 Å². The van der Waals surface area contributed by atoms with Gasteiger partial charge in [0.05, 0.1) is 0 Å². The van der Waals surface area contributed by atoms with Gasteiger partial charge < -0.3 is 5.73 Å². The highest BCUT2D eigenvalue weighted by atomic mass is 32.2. The predicted molar refractivity (Wildman–Crippen MR) is 108 cm³/mol. The van der Waals surface area contributed by atoms with Crippen molar-refractivity contribution >= 4 is 11.8 Å². The van der Waals surface area contributed by atoms with Crippen LogP contribution in [0.2, 0.25) is 0 Å². The standard InChI is InChI=1S/C17H19FS.C2H5N.CH6N2/c1-12(2)15-6-4-5-7-17(15)19-16-9-8-13(3)10-14(16)11-18;1-2-3;1-3-2/h4-10,12H,11H2,1-3H3;2H,1,3H2;3H,2H2,1H3. The number of hydrogen-bond acceptors (Lipinski definition) is 4. The molecule has 0 heterocycles. The average Bonchev–Trinajstić information content (AvgIpc) is 2.58. The Bertz CT molecular complexity index is 630. The van der Waals surface area contributed by atoms with Gasteiger partial charge in [0.2, 0.25) is 0 Å². The Labute approximate surface area is 155 Å². The lowest BCUT2D eigenvalue weighted by Crippen LogP contribution is -2.13. The van der Waals surface area contributed by atoms with Gasteiger partial charge in [-0.1, -0.05) is 68.1 Å². The van der Waals surface area contributed by atoms with E-state index < -0.39 is 6.67 Å². The lowest BCUT2D eigenvalue weighted by Gasteiger charge is -2.13. The lowest BCUT2D eigenvalue weighted by atomic mass is 10.0. The fourth-order valence-corrected chi connectivity index (χ4v) is 3.27. The molecule has 0 fully saturated rings. The summed E-state index contributed by atoms with van der Waals surface area (Å²) < 4.78 is 13.1. The highest BCUT2D eigenvalue weighted by Gasteiger charge is 2.10. The maximum atomic E-state index is 13.1. The van der Waals surface area contributed by atoms with Crippen LogP contribution in [0, 0.1) is 6.92 Å². The average molecular weight is 364 g/mol. The summed E-state index contributed by atoms with van der Waals surface area (Å²) in [5.41, 5.74) is 10.1. The third kappa shape index (κ3) is 8.72. The van der Waals surface area contributed by atoms with Crippen molar-refractivity contribution in [3.8, 4) is 0 Å². The smallest absolute Gasteiger partial charge is 0.116 e. The van der Waals surface area contributed by atoms with Crippen LogP contribution in [-0.4, -0.2) is 7.05 Å². The minimum atomic E-state index is -0.409. The monoisotopic (exact) mass is 363 g/mol. The topological polar surface area (TPSA) is 64.1 Å². The Morgan fingerprint density at radius 1 is 1.20 bits per heavy atom. The molecule has 25 heavy (non-hydrogen) atoms. The van der Waals surface area contributed by atoms with Gasteiger partial charge in [-0.2, -0.15) is 0 Å². The Hall–Kier alpha value is -1.82. The van der Waals surface area contributed by atoms with E-state index in [1.54, 1.807) is 18.8 Å². The minimum absolute atomic E-state index is 0.409. The first-order valence-corrected chi connectivity index (χ1v) is 8.88. The minimum Gasteiger partial charge on any atom is -0.405 e. The van der Waals surface area contributed by atoms with E-state index in [1.165, 1.54) is 16.7 Å². The Morgan fingerprint density at radius 2 is 1.76 bits per heavy atom. The van der Waals surface area contributed by atoms with E-state index in [2.05, 4.69) is 55.6 Å². The summed E-state index contributed by atoms with van der Waals surface area (Å²) in [7, 11) is 1.65. The zero-order valence-corrected chi connectivity index (χ0v) is 16.4. The third-order valence-electron chi connectivity index (χ3n) is 3.12. The Kier molecular flexibility index (Phi) is 12.5. The fraction of sp³-hybridized carbons (Fsp3) is 0.300. The lowest BCUT2D eigenvalue weighted by molar-refractivity contribution is 0.480. The molecule has 0 atom stereocenters. The molecule has 0 unspecified atom stereocenters. The first-order chi connectivity index (χ1) is 11.9. The van der Waals surface area contributed by atoms with E-state index in [0.717, 1.165) is 16.0 Å². The summed E-state index contributed by atoms with van der Waals surface area (Å²) >= 11 is 1.66. The van der Waals surface area contributed by atoms with Gasteiger partial charge in [0, 0.05) is 9.79 Å². The molecule has 2 aromatic rings. The molecule has 0 spiro atoms. The van der Waals surface area contributed by atoms with Gasteiger partial charge in [-0.3, -0.25) is 11.3 Å². The number of nitrogens with two attached hydrogens (primary N) is 2. The van der Waals surface area contributed by atoms with Crippen molar-refractivity contribution in [2.75, 3.05) is 7.05 Å². The number of rotatable bonds is 4. The van der Waals surface area contributed by atoms with E-state index in [4.69, 9.17) is 0 Å². The van der Waals surface area contributed by atoms with Crippen LogP contribution in [0.4, 0.5) is 4.39 Å². The van der Waals surface area contributed by atoms with Crippen LogP contribution < -0.4 is 17.0 Å². The molecule has 138 valence electrons. The maximum absolute atomic E-state index is 13.1. The Morgan fingerprint density at radius 3 is 2.28 bits per heavy atom. The molecule has 0 saturated carbocycles. The van der Waals surface area contributed by atoms with Gasteiger partial charge in [-0.05, 0) is 49.3 Å². The summed E-state index contributed by atoms with van der Waals surface area (Å²) in [6.45, 7) is 9.10. The number of hydrazine groups is 1. The predicted octanol–water partition coefficient (Wildman–Crippen LogP) is 4.91. The highest BCUT2D eigenvalue weighted by molar-refractivity contribution is 7.99. The van der Waals surface area contributed by atoms with E-state index in [0.29, 0.717) is 5.92 Å². The fourth-order valence-electron chi connectivity index (χ4n) is 2.08. The summed E-state index contributed by atoms with van der Waals surface area (Å²) in [5.74, 6) is 5.07. The second-order valence-electron chi connectivity index (χ2n) is 5.56. The van der Waals surface area contributed by atoms with E-state index >= 15 is 0 Å². The molecule has 0 radical (unpaired) electrons. The molecular formula is C20H30FN3S. The molecule has 0 aliphatic rings. The van der Waals surface area contributed by atoms with Gasteiger partial charge in [0.25, 0.3) is 0 Å². The number of benzene rings is 2. The largest absolute Gasteiger partial charge is 0.405 e. The van der Waals surface area contributed by atoms with Crippen LogP contribution in [0.3, 0.4) is 0 Å². The number of alkyl halides is 1. The molecule has 0 bridgehead atoms. The normalized spacial score (nSPS) is 9.56. The molecule has 5 heteroatoms. The Balaban J connectivity index is 0.000000844. The molecule has 0 aliphatic carbocycles. The third-order valence-corrected chi connectivity index (χ3v) is 4.33. The van der Waals surface area contributed by atoms with E-state index in [9.17, 15) is 4.39 Å². The van der Waals surface area contributed by atoms with Gasteiger partial charge in [-0.15, -0.1) is 0 Å². The van der Waals surface area contributed by atoms with Gasteiger partial charge in [0.15, 0.2) is 0 Å². The molecule has 5 N–H and O–H groups in total. The van der Waals surface area contributed by atoms with Crippen LogP contribution in [0.5, 0.6) is 0 Å². The molecule has 0 amide bonds. The van der Waals surface area contributed by atoms with Gasteiger partial charge in [-0.25, -0.2) is 4.39 Å². The quantitative estimate of drug-likeness (QED) is 0.533. The molecule has 2 rings (SSSR count). The molecular weight excluding hydrogens is 333 g/mol. The number of halogens is 1. The second-order valence-corrected chi connectivity index (χ2v) is 6.65. The molecule has 0 aromatic heterocycles. The van der Waals surface area contributed by atoms with Crippen molar-refractivity contribution in [1.82, 2.24) is 5.43 Å². The van der Waals surface area contributed by atoms with Crippen LogP contribution in [-0.2, 0) is 6.67 Å². The summed E-state index contributed by atoms with van der Waals surface area (Å²) in [6, 6.07) is 14.4. The first kappa shape index (κ1) is 23.2. The summed E-state index contributed by atoms with van der Waals surface area (Å²) in [4.78, 5) is 2.23. The van der Waals surface area contributed by atoms with Crippen molar-refractivity contribution < 1.29 is 4.39 Å². The van der Waals surface area contributed by atoms with E-state index in [-0.39, 0.29) is 0 Å². The molecule has 0 aliphatic heterocycles. The molecule has 3 nitrogen and oxygen atoms in total. The highest BCUT2D eigenvalue weighted by Crippen LogP contribution is 2.36. The van der Waals surface area contributed by atoms with Gasteiger partial charge >= 0.3 is 0 Å². The van der Waals surface area contributed by atoms with Crippen LogP contribution in [0.25, 0.3) is 0 Å². The van der Waals surface area contributed by atoms with Crippen molar-refractivity contribution in [3.05, 3.63) is 71.9 Å². The number of aryl methyl sites for hydroxylation is 1. The van der Waals surface area contributed by atoms with Crippen molar-refractivity contribution in [1.29, 1.82) is 0 Å².